The van der Waals surface area contributed by atoms with Crippen LogP contribution in [0, 0.1) is 0 Å². The van der Waals surface area contributed by atoms with Crippen molar-refractivity contribution in [2.24, 2.45) is 0 Å². The van der Waals surface area contributed by atoms with Crippen molar-refractivity contribution in [3.63, 3.8) is 0 Å². The number of hydrogen-bond donors (Lipinski definition) is 2. The van der Waals surface area contributed by atoms with Crippen LogP contribution in [0.15, 0.2) is 77.7 Å². The zero-order chi connectivity index (χ0) is 27.1. The van der Waals surface area contributed by atoms with Crippen molar-refractivity contribution >= 4 is 50.8 Å². The molecule has 2 aromatic carbocycles. The fourth-order valence-electron chi connectivity index (χ4n) is 5.08. The summed E-state index contributed by atoms with van der Waals surface area (Å²) in [7, 11) is 0. The zero-order valence-electron chi connectivity index (χ0n) is 21.4. The first-order valence-electron chi connectivity index (χ1n) is 13.0. The summed E-state index contributed by atoms with van der Waals surface area (Å²) in [6, 6.07) is 16.9. The maximum atomic E-state index is 13.4. The number of anilines is 1. The van der Waals surface area contributed by atoms with Gasteiger partial charge in [0, 0.05) is 53.6 Å². The molecule has 0 saturated carbocycles. The monoisotopic (exact) mass is 548 g/mol. The number of fused-ring (bicyclic) bond motifs is 3. The Hall–Kier alpha value is -4.67. The van der Waals surface area contributed by atoms with Crippen molar-refractivity contribution in [3.05, 3.63) is 106 Å². The molecule has 40 heavy (non-hydrogen) atoms. The van der Waals surface area contributed by atoms with Gasteiger partial charge in [-0.1, -0.05) is 30.3 Å². The average molecular weight is 549 g/mol. The number of aromatic amines is 1. The van der Waals surface area contributed by atoms with Gasteiger partial charge in [-0.3, -0.25) is 24.8 Å². The van der Waals surface area contributed by atoms with E-state index in [4.69, 9.17) is 9.40 Å². The van der Waals surface area contributed by atoms with Gasteiger partial charge in [0.15, 0.2) is 5.78 Å². The van der Waals surface area contributed by atoms with E-state index in [1.807, 2.05) is 42.5 Å². The highest BCUT2D eigenvalue weighted by atomic mass is 32.1. The minimum absolute atomic E-state index is 0.0625. The van der Waals surface area contributed by atoms with Gasteiger partial charge < -0.3 is 9.40 Å². The maximum absolute atomic E-state index is 13.4. The number of benzene rings is 2. The number of amides is 1. The molecule has 10 heteroatoms. The molecule has 0 unspecified atom stereocenters. The third kappa shape index (κ3) is 4.78. The van der Waals surface area contributed by atoms with Gasteiger partial charge in [-0.25, -0.2) is 9.97 Å². The Labute approximate surface area is 232 Å². The summed E-state index contributed by atoms with van der Waals surface area (Å²) in [4.78, 5) is 46.6. The number of para-hydroxylation sites is 1. The molecular weight excluding hydrogens is 524 g/mol. The first-order chi connectivity index (χ1) is 19.6. The third-order valence-electron chi connectivity index (χ3n) is 7.06. The lowest BCUT2D eigenvalue weighted by Crippen LogP contribution is -2.29. The number of H-pyrrole nitrogens is 1. The van der Waals surface area contributed by atoms with E-state index in [0.29, 0.717) is 16.6 Å². The molecule has 1 aliphatic heterocycles. The standard InChI is InChI=1S/C30H24N6O3S/c37-25(13-27-32-22-8-10-36(16-26(22)40-27)15-18-9-11-39-17-18)21-6-3-7-23-28(21)34-30(33-23)35-29(38)24-12-19-4-1-2-5-20(19)14-31-24/h1-7,9,11-12,14,17H,8,10,13,15-16H2,(H2,33,34,35,38). The van der Waals surface area contributed by atoms with Crippen LogP contribution in [0.3, 0.4) is 0 Å². The van der Waals surface area contributed by atoms with Crippen LogP contribution in [-0.4, -0.2) is 43.1 Å². The summed E-state index contributed by atoms with van der Waals surface area (Å²) >= 11 is 1.60. The highest BCUT2D eigenvalue weighted by Gasteiger charge is 2.23. The maximum Gasteiger partial charge on any atom is 0.276 e. The van der Waals surface area contributed by atoms with Crippen LogP contribution in [-0.2, 0) is 25.9 Å². The van der Waals surface area contributed by atoms with Crippen molar-refractivity contribution in [2.45, 2.75) is 25.9 Å². The number of hydrogen-bond acceptors (Lipinski definition) is 8. The van der Waals surface area contributed by atoms with Crippen molar-refractivity contribution in [3.8, 4) is 0 Å². The number of nitrogens with zero attached hydrogens (tertiary/aromatic N) is 4. The van der Waals surface area contributed by atoms with E-state index in [9.17, 15) is 9.59 Å². The molecule has 0 aliphatic carbocycles. The van der Waals surface area contributed by atoms with E-state index >= 15 is 0 Å². The lowest BCUT2D eigenvalue weighted by atomic mass is 10.1. The van der Waals surface area contributed by atoms with Gasteiger partial charge in [0.05, 0.1) is 30.2 Å². The van der Waals surface area contributed by atoms with E-state index in [-0.39, 0.29) is 29.8 Å². The van der Waals surface area contributed by atoms with Gasteiger partial charge in [0.2, 0.25) is 5.95 Å². The van der Waals surface area contributed by atoms with E-state index < -0.39 is 0 Å². The van der Waals surface area contributed by atoms with Gasteiger partial charge in [-0.15, -0.1) is 11.3 Å². The van der Waals surface area contributed by atoms with E-state index in [2.05, 4.69) is 25.2 Å². The number of imidazole rings is 1. The molecule has 4 aromatic heterocycles. The van der Waals surface area contributed by atoms with Crippen LogP contribution in [0.25, 0.3) is 21.8 Å². The van der Waals surface area contributed by atoms with Crippen LogP contribution in [0.5, 0.6) is 0 Å². The minimum Gasteiger partial charge on any atom is -0.472 e. The largest absolute Gasteiger partial charge is 0.472 e. The number of carbonyl (C=O) groups excluding carboxylic acids is 2. The second-order valence-electron chi connectivity index (χ2n) is 9.83. The topological polar surface area (TPSA) is 117 Å². The third-order valence-corrected chi connectivity index (χ3v) is 8.14. The number of carbonyl (C=O) groups is 2. The van der Waals surface area contributed by atoms with Crippen molar-refractivity contribution in [2.75, 3.05) is 11.9 Å². The van der Waals surface area contributed by atoms with Crippen LogP contribution in [0.4, 0.5) is 5.95 Å². The van der Waals surface area contributed by atoms with Gasteiger partial charge in [-0.2, -0.15) is 0 Å². The molecule has 0 fully saturated rings. The number of rotatable bonds is 7. The predicted molar refractivity (Wildman–Crippen MR) is 152 cm³/mol. The number of thiazole rings is 1. The Balaban J connectivity index is 1.07. The molecule has 9 nitrogen and oxygen atoms in total. The Morgan fingerprint density at radius 2 is 1.98 bits per heavy atom. The van der Waals surface area contributed by atoms with Gasteiger partial charge in [0.1, 0.15) is 16.2 Å². The van der Waals surface area contributed by atoms with Crippen LogP contribution < -0.4 is 5.32 Å². The minimum atomic E-state index is -0.382. The molecule has 2 N–H and O–H groups in total. The first kappa shape index (κ1) is 24.4. The zero-order valence-corrected chi connectivity index (χ0v) is 22.2. The Bertz CT molecular complexity index is 1870. The molecule has 1 aliphatic rings. The number of ketones is 1. The van der Waals surface area contributed by atoms with Gasteiger partial charge in [-0.05, 0) is 29.7 Å². The Morgan fingerprint density at radius 3 is 2.85 bits per heavy atom. The first-order valence-corrected chi connectivity index (χ1v) is 13.8. The molecule has 0 bridgehead atoms. The van der Waals surface area contributed by atoms with Crippen LogP contribution in [0.1, 0.15) is 42.0 Å². The van der Waals surface area contributed by atoms with E-state index in [1.54, 1.807) is 42.2 Å². The number of aromatic nitrogens is 4. The van der Waals surface area contributed by atoms with Crippen molar-refractivity contribution in [1.82, 2.24) is 24.8 Å². The molecule has 7 rings (SSSR count). The quantitative estimate of drug-likeness (QED) is 0.257. The summed E-state index contributed by atoms with van der Waals surface area (Å²) < 4.78 is 5.20. The normalized spacial score (nSPS) is 13.5. The second kappa shape index (κ2) is 10.1. The fraction of sp³-hybridized carbons (Fsp3) is 0.167. The number of nitrogens with one attached hydrogen (secondary N) is 2. The van der Waals surface area contributed by atoms with E-state index in [1.165, 1.54) is 4.88 Å². The number of furan rings is 1. The molecule has 6 aromatic rings. The van der Waals surface area contributed by atoms with E-state index in [0.717, 1.165) is 53.1 Å². The van der Waals surface area contributed by atoms with Crippen LogP contribution >= 0.6 is 11.3 Å². The summed E-state index contributed by atoms with van der Waals surface area (Å²) in [5, 5.41) is 5.47. The van der Waals surface area contributed by atoms with Crippen LogP contribution in [0.2, 0.25) is 0 Å². The number of Topliss-reactive ketones (excluding diaryl/α,β-unsaturated/α-hetero) is 1. The van der Waals surface area contributed by atoms with Crippen molar-refractivity contribution in [1.29, 1.82) is 0 Å². The molecule has 198 valence electrons. The lowest BCUT2D eigenvalue weighted by molar-refractivity contribution is 0.0992. The fourth-order valence-corrected chi connectivity index (χ4v) is 6.24. The molecule has 0 radical (unpaired) electrons. The van der Waals surface area contributed by atoms with Gasteiger partial charge >= 0.3 is 0 Å². The average Bonchev–Trinajstić information content (AvgIpc) is 3.72. The number of pyridine rings is 1. The predicted octanol–water partition coefficient (Wildman–Crippen LogP) is 5.40. The summed E-state index contributed by atoms with van der Waals surface area (Å²) in [5.41, 5.74) is 4.20. The molecule has 0 saturated heterocycles. The summed E-state index contributed by atoms with van der Waals surface area (Å²) in [6.45, 7) is 2.57. The highest BCUT2D eigenvalue weighted by Crippen LogP contribution is 2.28. The Morgan fingerprint density at radius 1 is 1.07 bits per heavy atom. The summed E-state index contributed by atoms with van der Waals surface area (Å²) in [6.07, 6.45) is 6.21. The lowest BCUT2D eigenvalue weighted by Gasteiger charge is -2.25. The summed E-state index contributed by atoms with van der Waals surface area (Å²) in [5.74, 6) is -0.182. The molecular formula is C30H24N6O3S. The SMILES string of the molecule is O=C(Nc1nc2c(C(=O)Cc3nc4c(s3)CN(Cc3ccoc3)CC4)cccc2[nH]1)c1cc2ccccc2cn1. The second-order valence-corrected chi connectivity index (χ2v) is 11.0. The molecule has 0 spiro atoms. The molecule has 0 atom stereocenters. The molecule has 5 heterocycles. The van der Waals surface area contributed by atoms with Crippen molar-refractivity contribution < 1.29 is 14.0 Å². The Kier molecular flexibility index (Phi) is 6.18. The highest BCUT2D eigenvalue weighted by molar-refractivity contribution is 7.11. The smallest absolute Gasteiger partial charge is 0.276 e. The van der Waals surface area contributed by atoms with Gasteiger partial charge in [0.25, 0.3) is 5.91 Å². The molecule has 1 amide bonds.